The summed E-state index contributed by atoms with van der Waals surface area (Å²) < 4.78 is 49.3. The number of rotatable bonds is 7. The maximum absolute atomic E-state index is 13.0. The second-order valence-corrected chi connectivity index (χ2v) is 10.4. The molecule has 3 aromatic carbocycles. The highest BCUT2D eigenvalue weighted by atomic mass is 19.4. The lowest BCUT2D eigenvalue weighted by atomic mass is 9.86. The number of nitrogens with one attached hydrogen (secondary N) is 1. The molecule has 8 nitrogen and oxygen atoms in total. The van der Waals surface area contributed by atoms with Gasteiger partial charge in [-0.1, -0.05) is 55.5 Å². The van der Waals surface area contributed by atoms with Crippen LogP contribution in [0.1, 0.15) is 82.5 Å². The van der Waals surface area contributed by atoms with E-state index in [2.05, 4.69) is 17.6 Å². The van der Waals surface area contributed by atoms with Gasteiger partial charge in [-0.25, -0.2) is 0 Å². The average Bonchev–Trinajstić information content (AvgIpc) is 3.69. The highest BCUT2D eigenvalue weighted by molar-refractivity contribution is 6.49. The van der Waals surface area contributed by atoms with E-state index in [0.717, 1.165) is 28.1 Å². The molecule has 2 radical (unpaired) electrons. The summed E-state index contributed by atoms with van der Waals surface area (Å²) in [5.41, 5.74) is 14.3. The van der Waals surface area contributed by atoms with Crippen LogP contribution in [-0.2, 0) is 33.5 Å². The molecular formula is C33H38B2F3N3O5. The van der Waals surface area contributed by atoms with Crippen molar-refractivity contribution in [3.63, 3.8) is 0 Å². The van der Waals surface area contributed by atoms with Crippen LogP contribution in [0.3, 0.4) is 0 Å². The number of nitrogens with two attached hydrogens (primary N) is 2. The summed E-state index contributed by atoms with van der Waals surface area (Å²) in [4.78, 5) is 31.9. The van der Waals surface area contributed by atoms with Crippen LogP contribution in [0.2, 0.25) is 0 Å². The molecule has 0 spiro atoms. The summed E-state index contributed by atoms with van der Waals surface area (Å²) in [6.07, 6.45) is -1.11. The molecule has 242 valence electrons. The van der Waals surface area contributed by atoms with Crippen LogP contribution < -0.4 is 27.7 Å². The molecule has 3 amide bonds. The third-order valence-corrected chi connectivity index (χ3v) is 6.93. The van der Waals surface area contributed by atoms with Crippen LogP contribution in [-0.4, -0.2) is 39.2 Å². The number of allylic oxidation sites excluding steroid dienone is 1. The normalized spacial score (nSPS) is 13.5. The van der Waals surface area contributed by atoms with E-state index in [4.69, 9.17) is 19.8 Å². The van der Waals surface area contributed by atoms with Crippen molar-refractivity contribution in [3.05, 3.63) is 107 Å². The average molecular weight is 635 g/mol. The Labute approximate surface area is 269 Å². The molecule has 2 aliphatic rings. The van der Waals surface area contributed by atoms with Crippen molar-refractivity contribution in [3.8, 4) is 0 Å². The monoisotopic (exact) mass is 635 g/mol. The Morgan fingerprint density at radius 3 is 2.02 bits per heavy atom. The fourth-order valence-electron chi connectivity index (χ4n) is 4.71. The van der Waals surface area contributed by atoms with Crippen molar-refractivity contribution in [2.24, 2.45) is 11.5 Å². The molecule has 46 heavy (non-hydrogen) atoms. The van der Waals surface area contributed by atoms with Gasteiger partial charge in [0.05, 0.1) is 18.8 Å². The van der Waals surface area contributed by atoms with Gasteiger partial charge in [0.1, 0.15) is 0 Å². The van der Waals surface area contributed by atoms with Crippen molar-refractivity contribution in [1.29, 1.82) is 0 Å². The number of benzene rings is 3. The maximum atomic E-state index is 13.0. The zero-order chi connectivity index (χ0) is 34.3. The second-order valence-electron chi connectivity index (χ2n) is 10.4. The molecule has 0 aliphatic carbocycles. The summed E-state index contributed by atoms with van der Waals surface area (Å²) in [5, 5.41) is 2.95. The predicted molar refractivity (Wildman–Crippen MR) is 174 cm³/mol. The van der Waals surface area contributed by atoms with Crippen LogP contribution in [0.5, 0.6) is 0 Å². The number of primary amides is 2. The van der Waals surface area contributed by atoms with Gasteiger partial charge in [-0.05, 0) is 78.4 Å². The first-order valence-corrected chi connectivity index (χ1v) is 14.5. The number of amides is 3. The summed E-state index contributed by atoms with van der Waals surface area (Å²) in [6, 6.07) is 16.0. The van der Waals surface area contributed by atoms with E-state index in [1.165, 1.54) is 12.1 Å². The standard InChI is InChI=1S/C21H22BF3NO2.C8H7BNO2.C3H6.CH3NO/c1-3-14(15-5-4-6-18(10-15)21(23,24)25)9-13(2)26-20(27)16-7-8-17-12-28-22-19(17)11-16;10-8(11)5-1-2-6-4-12-9-7(6)3-5;1-3-2;2-1-3/h4-8,10-11,13-14H,3,9,12H2,1-2H3,(H,26,27);1-3H,4H2,(H2,10,11);3H,1H2,2H3;1H,(H2,2,3). The Bertz CT molecular complexity index is 1480. The maximum Gasteiger partial charge on any atom is 0.416 e. The molecule has 0 aromatic heterocycles. The number of hydrogen-bond donors (Lipinski definition) is 3. The van der Waals surface area contributed by atoms with Gasteiger partial charge in [0.2, 0.25) is 12.3 Å². The molecule has 5 rings (SSSR count). The van der Waals surface area contributed by atoms with Crippen LogP contribution in [0.4, 0.5) is 13.2 Å². The van der Waals surface area contributed by atoms with Gasteiger partial charge >= 0.3 is 21.1 Å². The largest absolute Gasteiger partial charge is 0.430 e. The number of fused-ring (bicyclic) bond motifs is 2. The topological polar surface area (TPSA) is 134 Å². The zero-order valence-electron chi connectivity index (χ0n) is 26.1. The van der Waals surface area contributed by atoms with Gasteiger partial charge in [-0.3, -0.25) is 14.4 Å². The molecule has 0 bridgehead atoms. The number of halogens is 3. The molecule has 5 N–H and O–H groups in total. The highest BCUT2D eigenvalue weighted by Crippen LogP contribution is 2.33. The van der Waals surface area contributed by atoms with E-state index >= 15 is 0 Å². The lowest BCUT2D eigenvalue weighted by molar-refractivity contribution is -0.137. The first kappa shape index (κ1) is 37.8. The number of hydrogen-bond acceptors (Lipinski definition) is 5. The van der Waals surface area contributed by atoms with Crippen molar-refractivity contribution in [2.75, 3.05) is 0 Å². The van der Waals surface area contributed by atoms with E-state index < -0.39 is 17.6 Å². The van der Waals surface area contributed by atoms with Gasteiger partial charge in [0, 0.05) is 17.2 Å². The van der Waals surface area contributed by atoms with Crippen molar-refractivity contribution >= 4 is 44.1 Å². The minimum Gasteiger partial charge on any atom is -0.430 e. The van der Waals surface area contributed by atoms with E-state index in [9.17, 15) is 22.8 Å². The molecule has 2 aliphatic heterocycles. The van der Waals surface area contributed by atoms with E-state index in [-0.39, 0.29) is 24.3 Å². The Kier molecular flexibility index (Phi) is 15.3. The van der Waals surface area contributed by atoms with Crippen molar-refractivity contribution < 1.29 is 36.9 Å². The van der Waals surface area contributed by atoms with Gasteiger partial charge in [-0.15, -0.1) is 6.58 Å². The Morgan fingerprint density at radius 2 is 1.52 bits per heavy atom. The summed E-state index contributed by atoms with van der Waals surface area (Å²) in [7, 11) is 3.28. The van der Waals surface area contributed by atoms with Crippen LogP contribution in [0.15, 0.2) is 73.3 Å². The minimum atomic E-state index is -4.36. The molecule has 0 saturated heterocycles. The fourth-order valence-corrected chi connectivity index (χ4v) is 4.71. The molecule has 2 unspecified atom stereocenters. The number of carbonyl (C=O) groups is 3. The Morgan fingerprint density at radius 1 is 1.00 bits per heavy atom. The predicted octanol–water partition coefficient (Wildman–Crippen LogP) is 4.04. The fraction of sp³-hybridized carbons (Fsp3) is 0.303. The van der Waals surface area contributed by atoms with Gasteiger partial charge in [0.25, 0.3) is 5.91 Å². The number of carbonyl (C=O) groups excluding carboxylic acids is 3. The molecule has 0 fully saturated rings. The molecule has 13 heteroatoms. The highest BCUT2D eigenvalue weighted by Gasteiger charge is 2.31. The van der Waals surface area contributed by atoms with Crippen LogP contribution in [0.25, 0.3) is 0 Å². The molecule has 2 atom stereocenters. The third-order valence-electron chi connectivity index (χ3n) is 6.93. The van der Waals surface area contributed by atoms with E-state index in [1.54, 1.807) is 51.4 Å². The van der Waals surface area contributed by atoms with Gasteiger partial charge in [0.15, 0.2) is 0 Å². The first-order chi connectivity index (χ1) is 21.9. The lowest BCUT2D eigenvalue weighted by Crippen LogP contribution is -2.34. The third kappa shape index (κ3) is 11.5. The summed E-state index contributed by atoms with van der Waals surface area (Å²) >= 11 is 0. The van der Waals surface area contributed by atoms with Crippen molar-refractivity contribution in [2.45, 2.75) is 65.0 Å². The molecular weight excluding hydrogens is 597 g/mol. The van der Waals surface area contributed by atoms with Crippen molar-refractivity contribution in [1.82, 2.24) is 5.32 Å². The minimum absolute atomic E-state index is 0.0700. The van der Waals surface area contributed by atoms with Gasteiger partial charge < -0.3 is 26.1 Å². The van der Waals surface area contributed by atoms with E-state index in [1.807, 2.05) is 32.9 Å². The summed E-state index contributed by atoms with van der Waals surface area (Å²) in [5.74, 6) is -0.674. The Balaban J connectivity index is 0.000000336. The van der Waals surface area contributed by atoms with Gasteiger partial charge in [-0.2, -0.15) is 13.2 Å². The first-order valence-electron chi connectivity index (χ1n) is 14.5. The Hall–Kier alpha value is -4.35. The number of alkyl halides is 3. The SMILES string of the molecule is C=CC.CCC(CC(C)NC(=O)c1ccc2c(c1)[B]OC2)c1cccc(C(F)(F)F)c1.NC(=O)c1ccc2c(c1)[B]OC2.NC=O. The molecule has 3 aromatic rings. The lowest BCUT2D eigenvalue weighted by Gasteiger charge is -2.22. The van der Waals surface area contributed by atoms with Crippen LogP contribution >= 0.6 is 0 Å². The summed E-state index contributed by atoms with van der Waals surface area (Å²) in [6.45, 7) is 10.2. The molecule has 2 heterocycles. The smallest absolute Gasteiger partial charge is 0.416 e. The second kappa shape index (κ2) is 18.6. The zero-order valence-corrected chi connectivity index (χ0v) is 26.1. The van der Waals surface area contributed by atoms with Crippen LogP contribution in [0, 0.1) is 0 Å². The quantitative estimate of drug-likeness (QED) is 0.205. The molecule has 0 saturated carbocycles. The van der Waals surface area contributed by atoms with E-state index in [0.29, 0.717) is 42.7 Å².